The minimum absolute atomic E-state index is 0.245. The van der Waals surface area contributed by atoms with Crippen LogP contribution >= 0.6 is 0 Å². The van der Waals surface area contributed by atoms with Crippen LogP contribution < -0.4 is 9.47 Å². The Kier molecular flexibility index (Phi) is 15.4. The lowest BCUT2D eigenvalue weighted by Gasteiger charge is -2.28. The zero-order chi connectivity index (χ0) is 47.4. The monoisotopic (exact) mass is 902 g/mol. The van der Waals surface area contributed by atoms with Gasteiger partial charge in [0.1, 0.15) is 47.8 Å². The lowest BCUT2D eigenvalue weighted by atomic mass is 9.89. The number of imidazole rings is 2. The van der Waals surface area contributed by atoms with Crippen molar-refractivity contribution in [1.29, 1.82) is 10.5 Å². The van der Waals surface area contributed by atoms with Gasteiger partial charge in [0.15, 0.2) is 0 Å². The topological polar surface area (TPSA) is 161 Å². The van der Waals surface area contributed by atoms with Crippen LogP contribution in [0.25, 0.3) is 22.1 Å². The molecular weight excluding hydrogens is 837 g/mol. The Bertz CT molecular complexity index is 2640. The van der Waals surface area contributed by atoms with E-state index in [9.17, 15) is 20.7 Å². The Hall–Kier alpha value is -5.33. The maximum atomic E-state index is 11.9. The molecule has 0 bridgehead atoms. The first kappa shape index (κ1) is 49.7. The number of ether oxygens (including phenoxy) is 4. The Morgan fingerprint density at radius 2 is 1.02 bits per heavy atom. The minimum Gasteiger partial charge on any atom is -0.496 e. The maximum Gasteiger partial charge on any atom is 0.148 e. The molecule has 0 spiro atoms. The van der Waals surface area contributed by atoms with Crippen molar-refractivity contribution in [1.82, 2.24) is 19.1 Å². The third kappa shape index (κ3) is 11.3. The summed E-state index contributed by atoms with van der Waals surface area (Å²) in [5.74, 6) is 2.15. The third-order valence-corrected chi connectivity index (χ3v) is 14.8. The van der Waals surface area contributed by atoms with Gasteiger partial charge in [-0.3, -0.25) is 0 Å². The van der Waals surface area contributed by atoms with E-state index >= 15 is 0 Å². The molecule has 6 aromatic rings. The van der Waals surface area contributed by atoms with Crippen LogP contribution in [0.15, 0.2) is 60.7 Å². The summed E-state index contributed by atoms with van der Waals surface area (Å²) in [6.45, 7) is 27.1. The maximum absolute atomic E-state index is 11.9. The van der Waals surface area contributed by atoms with Crippen LogP contribution in [0, 0.1) is 50.4 Å². The van der Waals surface area contributed by atoms with Crippen molar-refractivity contribution in [2.75, 3.05) is 27.4 Å². The van der Waals surface area contributed by atoms with Crippen molar-refractivity contribution < 1.29 is 29.2 Å². The van der Waals surface area contributed by atoms with E-state index in [-0.39, 0.29) is 13.5 Å². The van der Waals surface area contributed by atoms with Crippen molar-refractivity contribution in [2.24, 2.45) is 0 Å². The summed E-state index contributed by atoms with van der Waals surface area (Å²) in [5, 5.41) is 42.4. The number of aliphatic hydroxyl groups is 2. The number of nitrogens with zero attached hydrogens (tertiary/aromatic N) is 6. The molecule has 14 heteroatoms. The van der Waals surface area contributed by atoms with Gasteiger partial charge in [0.05, 0.1) is 59.6 Å². The summed E-state index contributed by atoms with van der Waals surface area (Å²) in [6.07, 6.45) is 0. The largest absolute Gasteiger partial charge is 0.496 e. The van der Waals surface area contributed by atoms with Gasteiger partial charge < -0.3 is 38.3 Å². The number of hydrogen-bond donors (Lipinski definition) is 2. The lowest BCUT2D eigenvalue weighted by Crippen LogP contribution is -2.30. The zero-order valence-electron chi connectivity index (χ0n) is 40.2. The molecule has 0 saturated heterocycles. The van der Waals surface area contributed by atoms with Crippen molar-refractivity contribution in [3.8, 4) is 23.6 Å². The van der Waals surface area contributed by atoms with Crippen molar-refractivity contribution >= 4 is 38.2 Å². The number of fused-ring (bicyclic) bond motifs is 2. The van der Waals surface area contributed by atoms with E-state index in [2.05, 4.69) is 51.4 Å². The molecule has 64 heavy (non-hydrogen) atoms. The van der Waals surface area contributed by atoms with Gasteiger partial charge in [0.2, 0.25) is 0 Å². The van der Waals surface area contributed by atoms with Gasteiger partial charge in [-0.2, -0.15) is 10.5 Å². The number of hydrogen-bond acceptors (Lipinski definition) is 10. The Labute approximate surface area is 381 Å². The Morgan fingerprint density at radius 3 is 1.45 bits per heavy atom. The first-order chi connectivity index (χ1) is 29.9. The predicted octanol–water partition coefficient (Wildman–Crippen LogP) is 10.2. The molecule has 2 aromatic heterocycles. The van der Waals surface area contributed by atoms with E-state index in [1.807, 2.05) is 73.2 Å². The molecule has 4 aromatic carbocycles. The number of nitriles is 2. The fraction of sp³-hybridized carbons (Fsp3) is 0.440. The molecular formula is C50H66N6O6Si2. The SMILES string of the molecule is COc1cc(C)cc(C)c1C(C)(O)c1nc2cc(C#N)ccc2n1COCC[Si](C)(C)C.COc1cc(C)cc(C)c1C(C)(O)c1nc2ccc(C#N)cc2n1COCC[Si](C)(C)C. The van der Waals surface area contributed by atoms with Crippen molar-refractivity contribution in [3.05, 3.63) is 117 Å². The molecule has 2 atom stereocenters. The summed E-state index contributed by atoms with van der Waals surface area (Å²) in [5.41, 5.74) is 6.42. The Balaban J connectivity index is 0.000000241. The van der Waals surface area contributed by atoms with Gasteiger partial charge in [-0.05, 0) is 124 Å². The van der Waals surface area contributed by atoms with Gasteiger partial charge in [-0.1, -0.05) is 51.4 Å². The Morgan fingerprint density at radius 1 is 0.594 bits per heavy atom. The van der Waals surface area contributed by atoms with Crippen LogP contribution in [0.2, 0.25) is 51.4 Å². The van der Waals surface area contributed by atoms with E-state index < -0.39 is 27.3 Å². The smallest absolute Gasteiger partial charge is 0.148 e. The summed E-state index contributed by atoms with van der Waals surface area (Å²) in [4.78, 5) is 9.55. The molecule has 12 nitrogen and oxygen atoms in total. The van der Waals surface area contributed by atoms with Crippen LogP contribution in [0.1, 0.15) is 70.0 Å². The average Bonchev–Trinajstić information content (AvgIpc) is 3.78. The highest BCUT2D eigenvalue weighted by molar-refractivity contribution is 6.76. The molecule has 0 saturated carbocycles. The molecule has 2 N–H and O–H groups in total. The van der Waals surface area contributed by atoms with Crippen LogP contribution in [-0.4, -0.2) is 72.9 Å². The van der Waals surface area contributed by atoms with E-state index in [4.69, 9.17) is 28.9 Å². The van der Waals surface area contributed by atoms with Gasteiger partial charge in [0, 0.05) is 40.5 Å². The average molecular weight is 903 g/mol. The number of methoxy groups -OCH3 is 2. The molecule has 2 heterocycles. The number of benzene rings is 4. The quantitative estimate of drug-likeness (QED) is 0.0707. The third-order valence-electron chi connectivity index (χ3n) is 11.4. The van der Waals surface area contributed by atoms with Gasteiger partial charge >= 0.3 is 0 Å². The fourth-order valence-electron chi connectivity index (χ4n) is 8.12. The molecule has 0 aliphatic carbocycles. The summed E-state index contributed by atoms with van der Waals surface area (Å²) >= 11 is 0. The fourth-order valence-corrected chi connectivity index (χ4v) is 9.63. The van der Waals surface area contributed by atoms with E-state index in [1.165, 1.54) is 0 Å². The lowest BCUT2D eigenvalue weighted by molar-refractivity contribution is 0.0546. The van der Waals surface area contributed by atoms with Crippen LogP contribution in [0.4, 0.5) is 0 Å². The number of aryl methyl sites for hydroxylation is 4. The molecule has 0 fully saturated rings. The predicted molar refractivity (Wildman–Crippen MR) is 259 cm³/mol. The molecule has 0 amide bonds. The van der Waals surface area contributed by atoms with Crippen molar-refractivity contribution in [3.63, 3.8) is 0 Å². The van der Waals surface area contributed by atoms with E-state index in [0.29, 0.717) is 69.6 Å². The molecule has 6 rings (SSSR count). The van der Waals surface area contributed by atoms with Crippen molar-refractivity contribution in [2.45, 2.75) is 118 Å². The van der Waals surface area contributed by atoms with Gasteiger partial charge in [-0.25, -0.2) is 9.97 Å². The second-order valence-corrected chi connectivity index (χ2v) is 30.8. The highest BCUT2D eigenvalue weighted by Gasteiger charge is 2.38. The van der Waals surface area contributed by atoms with Crippen LogP contribution in [0.5, 0.6) is 11.5 Å². The summed E-state index contributed by atoms with van der Waals surface area (Å²) < 4.78 is 27.1. The highest BCUT2D eigenvalue weighted by atomic mass is 28.3. The summed E-state index contributed by atoms with van der Waals surface area (Å²) in [7, 11) is 0.753. The first-order valence-electron chi connectivity index (χ1n) is 21.7. The zero-order valence-corrected chi connectivity index (χ0v) is 42.2. The normalized spacial score (nSPS) is 13.7. The molecule has 0 aliphatic heterocycles. The van der Waals surface area contributed by atoms with Gasteiger partial charge in [0.25, 0.3) is 0 Å². The molecule has 0 radical (unpaired) electrons. The number of aromatic nitrogens is 4. The van der Waals surface area contributed by atoms with Crippen LogP contribution in [-0.2, 0) is 34.1 Å². The summed E-state index contributed by atoms with van der Waals surface area (Å²) in [6, 6.07) is 25.0. The highest BCUT2D eigenvalue weighted by Crippen LogP contribution is 2.41. The van der Waals surface area contributed by atoms with Gasteiger partial charge in [-0.15, -0.1) is 0 Å². The van der Waals surface area contributed by atoms with E-state index in [0.717, 1.165) is 45.4 Å². The van der Waals surface area contributed by atoms with E-state index in [1.54, 1.807) is 52.3 Å². The molecule has 2 unspecified atom stereocenters. The molecule has 340 valence electrons. The first-order valence-corrected chi connectivity index (χ1v) is 29.1. The standard InChI is InChI=1S/2C25H33N3O3Si/c1-17-12-18(2)23(22(13-17)30-4)25(3,29)24-27-20-14-19(15-26)8-9-21(20)28(24)16-31-10-11-32(5,6)7;1-17-12-18(2)23(22(13-17)30-4)25(3,29)24-27-20-9-8-19(15-26)14-21(20)28(24)16-31-10-11-32(5,6)7/h2*8-9,12-14,29H,10-11,16H2,1-7H3. The molecule has 0 aliphatic rings. The number of rotatable bonds is 16. The van der Waals surface area contributed by atoms with Crippen LogP contribution in [0.3, 0.4) is 0 Å². The second-order valence-electron chi connectivity index (χ2n) is 19.5. The second kappa shape index (κ2) is 19.8. The minimum atomic E-state index is -1.43.